The van der Waals surface area contributed by atoms with Gasteiger partial charge in [0.25, 0.3) is 10.2 Å². The topological polar surface area (TPSA) is 64.2 Å². The lowest BCUT2D eigenvalue weighted by molar-refractivity contribution is -0.132. The number of piperazine rings is 1. The van der Waals surface area contributed by atoms with Crippen LogP contribution in [-0.4, -0.2) is 91.6 Å². The van der Waals surface area contributed by atoms with Gasteiger partial charge in [0.2, 0.25) is 5.91 Å². The second-order valence-electron chi connectivity index (χ2n) is 7.59. The monoisotopic (exact) mass is 374 g/mol. The molecule has 1 aliphatic carbocycles. The van der Waals surface area contributed by atoms with E-state index < -0.39 is 10.2 Å². The molecular weight excluding hydrogens is 340 g/mol. The summed E-state index contributed by atoms with van der Waals surface area (Å²) in [7, 11) is 0.135. The molecule has 0 radical (unpaired) electrons. The second kappa shape index (κ2) is 8.79. The molecule has 1 aliphatic heterocycles. The van der Waals surface area contributed by atoms with Gasteiger partial charge >= 0.3 is 0 Å². The van der Waals surface area contributed by atoms with E-state index in [1.165, 1.54) is 6.42 Å². The Hall–Kier alpha value is -0.700. The van der Waals surface area contributed by atoms with Crippen LogP contribution in [0.1, 0.15) is 46.0 Å². The third-order valence-electron chi connectivity index (χ3n) is 5.64. The highest BCUT2D eigenvalue weighted by Crippen LogP contribution is 2.25. The smallest absolute Gasteiger partial charge is 0.282 e. The molecule has 1 heterocycles. The molecule has 7 nitrogen and oxygen atoms in total. The molecule has 1 amide bonds. The number of carbonyl (C=O) groups excluding carboxylic acids is 1. The molecule has 1 saturated carbocycles. The summed E-state index contributed by atoms with van der Waals surface area (Å²) in [4.78, 5) is 16.0. The molecular formula is C17H34N4O3S. The van der Waals surface area contributed by atoms with E-state index in [2.05, 4.69) is 0 Å². The van der Waals surface area contributed by atoms with Crippen molar-refractivity contribution in [1.82, 2.24) is 18.4 Å². The number of likely N-dealkylation sites (N-methyl/N-ethyl adjacent to an activating group) is 1. The first kappa shape index (κ1) is 20.6. The molecule has 25 heavy (non-hydrogen) atoms. The minimum absolute atomic E-state index is 0.0885. The number of nitrogens with zero attached hydrogens (tertiary/aromatic N) is 4. The van der Waals surface area contributed by atoms with Gasteiger partial charge < -0.3 is 4.90 Å². The lowest BCUT2D eigenvalue weighted by Gasteiger charge is -2.38. The van der Waals surface area contributed by atoms with Gasteiger partial charge in [0, 0.05) is 52.4 Å². The van der Waals surface area contributed by atoms with Gasteiger partial charge in [-0.25, -0.2) is 0 Å². The van der Waals surface area contributed by atoms with Gasteiger partial charge in [0.1, 0.15) is 0 Å². The number of carbonyl (C=O) groups is 1. The third-order valence-corrected chi connectivity index (χ3v) is 7.68. The van der Waals surface area contributed by atoms with Crippen LogP contribution in [0.4, 0.5) is 0 Å². The van der Waals surface area contributed by atoms with Crippen LogP contribution in [0.5, 0.6) is 0 Å². The maximum atomic E-state index is 12.9. The van der Waals surface area contributed by atoms with Crippen LogP contribution in [-0.2, 0) is 15.0 Å². The molecule has 0 atom stereocenters. The predicted octanol–water partition coefficient (Wildman–Crippen LogP) is 0.980. The number of hydrogen-bond donors (Lipinski definition) is 0. The summed E-state index contributed by atoms with van der Waals surface area (Å²) in [5, 5.41) is 0. The standard InChI is InChI=1S/C17H34N4O3S/c1-15(2)18(3)17(22)14-20-10-12-21(13-11-20)25(23,24)19(4)16-8-6-5-7-9-16/h15-16H,5-14H2,1-4H3. The largest absolute Gasteiger partial charge is 0.342 e. The average molecular weight is 375 g/mol. The van der Waals surface area contributed by atoms with Crippen LogP contribution in [0.15, 0.2) is 0 Å². The van der Waals surface area contributed by atoms with Crippen molar-refractivity contribution in [2.24, 2.45) is 0 Å². The van der Waals surface area contributed by atoms with Crippen molar-refractivity contribution in [3.63, 3.8) is 0 Å². The Kier molecular flexibility index (Phi) is 7.25. The lowest BCUT2D eigenvalue weighted by atomic mass is 9.96. The Labute approximate surface area is 153 Å². The van der Waals surface area contributed by atoms with E-state index >= 15 is 0 Å². The normalized spacial score (nSPS) is 21.8. The van der Waals surface area contributed by atoms with Crippen LogP contribution in [0.25, 0.3) is 0 Å². The summed E-state index contributed by atoms with van der Waals surface area (Å²) in [6, 6.07) is 0.316. The van der Waals surface area contributed by atoms with Crippen molar-refractivity contribution >= 4 is 16.1 Å². The molecule has 2 aliphatic rings. The first-order chi connectivity index (χ1) is 11.7. The quantitative estimate of drug-likeness (QED) is 0.695. The van der Waals surface area contributed by atoms with Crippen LogP contribution >= 0.6 is 0 Å². The Morgan fingerprint density at radius 1 is 1.04 bits per heavy atom. The lowest BCUT2D eigenvalue weighted by Crippen LogP contribution is -2.55. The van der Waals surface area contributed by atoms with Crippen molar-refractivity contribution in [3.05, 3.63) is 0 Å². The third kappa shape index (κ3) is 5.15. The van der Waals surface area contributed by atoms with Crippen molar-refractivity contribution in [2.45, 2.75) is 58.0 Å². The average Bonchev–Trinajstić information content (AvgIpc) is 2.61. The molecule has 0 aromatic rings. The predicted molar refractivity (Wildman–Crippen MR) is 99.5 cm³/mol. The fourth-order valence-corrected chi connectivity index (χ4v) is 5.10. The zero-order chi connectivity index (χ0) is 18.6. The van der Waals surface area contributed by atoms with Crippen molar-refractivity contribution < 1.29 is 13.2 Å². The van der Waals surface area contributed by atoms with Crippen LogP contribution < -0.4 is 0 Å². The highest BCUT2D eigenvalue weighted by molar-refractivity contribution is 7.86. The highest BCUT2D eigenvalue weighted by atomic mass is 32.2. The molecule has 0 unspecified atom stereocenters. The van der Waals surface area contributed by atoms with Gasteiger partial charge in [-0.15, -0.1) is 0 Å². The van der Waals surface area contributed by atoms with Gasteiger partial charge in [-0.05, 0) is 26.7 Å². The fourth-order valence-electron chi connectivity index (χ4n) is 3.52. The molecule has 0 bridgehead atoms. The zero-order valence-corrected chi connectivity index (χ0v) is 17.0. The Bertz CT molecular complexity index is 538. The molecule has 0 aromatic carbocycles. The summed E-state index contributed by atoms with van der Waals surface area (Å²) in [6.07, 6.45) is 5.37. The molecule has 0 N–H and O–H groups in total. The Morgan fingerprint density at radius 3 is 2.12 bits per heavy atom. The first-order valence-corrected chi connectivity index (χ1v) is 10.8. The minimum Gasteiger partial charge on any atom is -0.342 e. The Morgan fingerprint density at radius 2 is 1.60 bits per heavy atom. The van der Waals surface area contributed by atoms with Gasteiger partial charge in [0.05, 0.1) is 6.54 Å². The number of hydrogen-bond acceptors (Lipinski definition) is 4. The summed E-state index contributed by atoms with van der Waals surface area (Å²) in [6.45, 7) is 6.47. The zero-order valence-electron chi connectivity index (χ0n) is 16.1. The van der Waals surface area contributed by atoms with Crippen LogP contribution in [0.3, 0.4) is 0 Å². The van der Waals surface area contributed by atoms with Gasteiger partial charge in [-0.3, -0.25) is 9.69 Å². The minimum atomic E-state index is -3.40. The molecule has 146 valence electrons. The van der Waals surface area contributed by atoms with E-state index in [0.29, 0.717) is 32.7 Å². The SMILES string of the molecule is CC(C)N(C)C(=O)CN1CCN(S(=O)(=O)N(C)C2CCCCC2)CC1. The molecule has 1 saturated heterocycles. The van der Waals surface area contributed by atoms with Crippen LogP contribution in [0, 0.1) is 0 Å². The maximum Gasteiger partial charge on any atom is 0.282 e. The first-order valence-electron chi connectivity index (χ1n) is 9.44. The summed E-state index contributed by atoms with van der Waals surface area (Å²) >= 11 is 0. The van der Waals surface area contributed by atoms with E-state index in [-0.39, 0.29) is 18.0 Å². The van der Waals surface area contributed by atoms with Gasteiger partial charge in [-0.1, -0.05) is 19.3 Å². The van der Waals surface area contributed by atoms with E-state index in [9.17, 15) is 13.2 Å². The van der Waals surface area contributed by atoms with E-state index in [4.69, 9.17) is 0 Å². The maximum absolute atomic E-state index is 12.9. The van der Waals surface area contributed by atoms with Crippen molar-refractivity contribution in [1.29, 1.82) is 0 Å². The molecule has 0 aromatic heterocycles. The van der Waals surface area contributed by atoms with Crippen molar-refractivity contribution in [3.8, 4) is 0 Å². The highest BCUT2D eigenvalue weighted by Gasteiger charge is 2.34. The molecule has 0 spiro atoms. The second-order valence-corrected chi connectivity index (χ2v) is 9.58. The van der Waals surface area contributed by atoms with E-state index in [1.54, 1.807) is 20.6 Å². The van der Waals surface area contributed by atoms with E-state index in [0.717, 1.165) is 25.7 Å². The number of amides is 1. The van der Waals surface area contributed by atoms with Gasteiger partial charge in [0.15, 0.2) is 0 Å². The van der Waals surface area contributed by atoms with Crippen molar-refractivity contribution in [2.75, 3.05) is 46.8 Å². The summed E-state index contributed by atoms with van der Waals surface area (Å²) in [5.41, 5.74) is 0. The summed E-state index contributed by atoms with van der Waals surface area (Å²) in [5.74, 6) is 0.0885. The van der Waals surface area contributed by atoms with Gasteiger partial charge in [-0.2, -0.15) is 17.0 Å². The fraction of sp³-hybridized carbons (Fsp3) is 0.941. The molecule has 2 rings (SSSR count). The van der Waals surface area contributed by atoms with Crippen LogP contribution in [0.2, 0.25) is 0 Å². The summed E-state index contributed by atoms with van der Waals surface area (Å²) < 4.78 is 28.9. The molecule has 8 heteroatoms. The van der Waals surface area contributed by atoms with E-state index in [1.807, 2.05) is 25.8 Å². The molecule has 2 fully saturated rings. The number of rotatable bonds is 6. The Balaban J connectivity index is 1.87.